The molecule has 5 rings (SSSR count). The molecule has 0 spiro atoms. The van der Waals surface area contributed by atoms with Gasteiger partial charge in [-0.15, -0.1) is 0 Å². The van der Waals surface area contributed by atoms with Gasteiger partial charge in [0.15, 0.2) is 0 Å². The van der Waals surface area contributed by atoms with Crippen molar-refractivity contribution in [3.63, 3.8) is 0 Å². The van der Waals surface area contributed by atoms with E-state index in [-0.39, 0.29) is 11.6 Å². The molecule has 1 unspecified atom stereocenters. The fourth-order valence-electron chi connectivity index (χ4n) is 5.24. The van der Waals surface area contributed by atoms with Gasteiger partial charge in [-0.25, -0.2) is 9.78 Å². The highest BCUT2D eigenvalue weighted by atomic mass is 79.9. The molecule has 2 amide bonds. The van der Waals surface area contributed by atoms with Crippen LogP contribution in [0.4, 0.5) is 10.5 Å². The van der Waals surface area contributed by atoms with E-state index in [9.17, 15) is 9.59 Å². The molecule has 6 nitrogen and oxygen atoms in total. The number of urea groups is 1. The first-order chi connectivity index (χ1) is 19.9. The van der Waals surface area contributed by atoms with Gasteiger partial charge in [-0.2, -0.15) is 0 Å². The first kappa shape index (κ1) is 28.3. The number of nitrogens with one attached hydrogen (secondary N) is 1. The van der Waals surface area contributed by atoms with Crippen molar-refractivity contribution in [3.05, 3.63) is 134 Å². The quantitative estimate of drug-likeness (QED) is 0.194. The first-order valence-corrected chi connectivity index (χ1v) is 14.6. The lowest BCUT2D eigenvalue weighted by atomic mass is 10.1. The second kappa shape index (κ2) is 12.5. The van der Waals surface area contributed by atoms with E-state index in [1.807, 2.05) is 105 Å². The number of hydrogen-bond acceptors (Lipinski definition) is 3. The molecule has 1 heterocycles. The number of benzene rings is 4. The highest BCUT2D eigenvalue weighted by molar-refractivity contribution is 9.10. The van der Waals surface area contributed by atoms with Crippen molar-refractivity contribution in [2.75, 3.05) is 11.9 Å². The summed E-state index contributed by atoms with van der Waals surface area (Å²) in [7, 11) is 0. The Morgan fingerprint density at radius 3 is 2.24 bits per heavy atom. The molecule has 0 aliphatic heterocycles. The van der Waals surface area contributed by atoms with Gasteiger partial charge < -0.3 is 10.2 Å². The lowest BCUT2D eigenvalue weighted by molar-refractivity contribution is 0.182. The zero-order valence-electron chi connectivity index (χ0n) is 23.5. The van der Waals surface area contributed by atoms with Crippen molar-refractivity contribution < 1.29 is 4.79 Å². The average molecular weight is 610 g/mol. The van der Waals surface area contributed by atoms with Gasteiger partial charge in [-0.3, -0.25) is 9.36 Å². The Morgan fingerprint density at radius 1 is 0.902 bits per heavy atom. The number of fused-ring (bicyclic) bond motifs is 1. The fraction of sp³-hybridized carbons (Fsp3) is 0.206. The van der Waals surface area contributed by atoms with E-state index >= 15 is 0 Å². The molecule has 1 aromatic heterocycles. The Kier molecular flexibility index (Phi) is 8.64. The number of aryl methyl sites for hydroxylation is 2. The monoisotopic (exact) mass is 608 g/mol. The number of rotatable bonds is 8. The Labute approximate surface area is 248 Å². The summed E-state index contributed by atoms with van der Waals surface area (Å²) in [5, 5.41) is 3.72. The van der Waals surface area contributed by atoms with Gasteiger partial charge in [0.25, 0.3) is 5.56 Å². The molecule has 5 aromatic rings. The van der Waals surface area contributed by atoms with Crippen molar-refractivity contribution in [1.29, 1.82) is 0 Å². The molecule has 7 heteroatoms. The molecule has 4 aromatic carbocycles. The molecule has 0 aliphatic carbocycles. The maximum Gasteiger partial charge on any atom is 0.322 e. The van der Waals surface area contributed by atoms with Gasteiger partial charge in [0.1, 0.15) is 5.82 Å². The van der Waals surface area contributed by atoms with E-state index in [2.05, 4.69) is 33.4 Å². The van der Waals surface area contributed by atoms with Crippen LogP contribution in [0.15, 0.2) is 106 Å². The molecule has 41 heavy (non-hydrogen) atoms. The summed E-state index contributed by atoms with van der Waals surface area (Å²) in [6.07, 6.45) is 1.23. The molecule has 0 bridgehead atoms. The fourth-order valence-corrected chi connectivity index (χ4v) is 5.50. The van der Waals surface area contributed by atoms with Crippen LogP contribution in [0.25, 0.3) is 16.6 Å². The van der Waals surface area contributed by atoms with E-state index in [1.54, 1.807) is 10.6 Å². The van der Waals surface area contributed by atoms with E-state index in [0.29, 0.717) is 41.8 Å². The molecule has 0 saturated carbocycles. The van der Waals surface area contributed by atoms with Crippen LogP contribution in [0.1, 0.15) is 41.9 Å². The van der Waals surface area contributed by atoms with E-state index in [1.165, 1.54) is 0 Å². The van der Waals surface area contributed by atoms with Gasteiger partial charge in [0.2, 0.25) is 0 Å². The summed E-state index contributed by atoms with van der Waals surface area (Å²) in [5.41, 5.74) is 5.05. The highest BCUT2D eigenvalue weighted by Gasteiger charge is 2.29. The first-order valence-electron chi connectivity index (χ1n) is 13.8. The minimum atomic E-state index is -0.469. The van der Waals surface area contributed by atoms with Gasteiger partial charge in [-0.1, -0.05) is 83.5 Å². The van der Waals surface area contributed by atoms with E-state index in [0.717, 1.165) is 26.9 Å². The summed E-state index contributed by atoms with van der Waals surface area (Å²) in [4.78, 5) is 35.0. The molecule has 0 aliphatic rings. The predicted molar refractivity (Wildman–Crippen MR) is 170 cm³/mol. The summed E-state index contributed by atoms with van der Waals surface area (Å²) in [6.45, 7) is 6.46. The molecule has 208 valence electrons. The molecule has 0 radical (unpaired) electrons. The van der Waals surface area contributed by atoms with Crippen LogP contribution in [0.3, 0.4) is 0 Å². The van der Waals surface area contributed by atoms with Gasteiger partial charge in [0.05, 0.1) is 22.6 Å². The van der Waals surface area contributed by atoms with Crippen LogP contribution >= 0.6 is 15.9 Å². The normalized spacial score (nSPS) is 11.8. The Hall–Kier alpha value is -4.23. The standard InChI is InChI=1S/C34H33BrN4O2/c1-4-30(32-36-29-16-9-8-15-28(29)33(40)39(32)27-19-17-26(35)18-20-27)38(22-21-25-13-6-5-7-14-25)34(41)37-31-23(2)11-10-12-24(31)3/h5-20,30H,4,21-22H2,1-3H3,(H,37,41). The molecule has 0 fully saturated rings. The summed E-state index contributed by atoms with van der Waals surface area (Å²) in [5.74, 6) is 0.531. The van der Waals surface area contributed by atoms with E-state index < -0.39 is 6.04 Å². The number of carbonyl (C=O) groups is 1. The van der Waals surface area contributed by atoms with Crippen LogP contribution in [-0.2, 0) is 6.42 Å². The van der Waals surface area contributed by atoms with Crippen LogP contribution in [0.2, 0.25) is 0 Å². The lowest BCUT2D eigenvalue weighted by Crippen LogP contribution is -2.42. The number of aromatic nitrogens is 2. The zero-order valence-corrected chi connectivity index (χ0v) is 25.1. The topological polar surface area (TPSA) is 67.2 Å². The molecule has 0 saturated heterocycles. The second-order valence-electron chi connectivity index (χ2n) is 10.2. The van der Waals surface area contributed by atoms with Gasteiger partial charge in [-0.05, 0) is 79.8 Å². The van der Waals surface area contributed by atoms with Crippen molar-refractivity contribution in [2.24, 2.45) is 0 Å². The van der Waals surface area contributed by atoms with Crippen molar-refractivity contribution >= 4 is 38.6 Å². The Bertz CT molecular complexity index is 1710. The molecule has 1 atom stereocenters. The maximum atomic E-state index is 14.1. The minimum absolute atomic E-state index is 0.162. The maximum absolute atomic E-state index is 14.1. The third kappa shape index (κ3) is 6.10. The summed E-state index contributed by atoms with van der Waals surface area (Å²) < 4.78 is 2.57. The summed E-state index contributed by atoms with van der Waals surface area (Å²) >= 11 is 3.50. The molecular weight excluding hydrogens is 576 g/mol. The van der Waals surface area contributed by atoms with Gasteiger partial charge >= 0.3 is 6.03 Å². The zero-order chi connectivity index (χ0) is 28.9. The summed E-state index contributed by atoms with van der Waals surface area (Å²) in [6, 6.07) is 30.4. The molecular formula is C34H33BrN4O2. The molecule has 1 N–H and O–H groups in total. The number of hydrogen-bond donors (Lipinski definition) is 1. The van der Waals surface area contributed by atoms with E-state index in [4.69, 9.17) is 4.98 Å². The third-order valence-corrected chi connectivity index (χ3v) is 7.93. The highest BCUT2D eigenvalue weighted by Crippen LogP contribution is 2.29. The van der Waals surface area contributed by atoms with Crippen LogP contribution in [0.5, 0.6) is 0 Å². The van der Waals surface area contributed by atoms with Crippen LogP contribution in [0, 0.1) is 13.8 Å². The van der Waals surface area contributed by atoms with Crippen molar-refractivity contribution in [2.45, 2.75) is 39.7 Å². The average Bonchev–Trinajstić information content (AvgIpc) is 2.98. The number of halogens is 1. The van der Waals surface area contributed by atoms with Crippen LogP contribution in [-0.4, -0.2) is 27.0 Å². The number of carbonyl (C=O) groups excluding carboxylic acids is 1. The Morgan fingerprint density at radius 2 is 1.56 bits per heavy atom. The SMILES string of the molecule is CCC(c1nc2ccccc2c(=O)n1-c1ccc(Br)cc1)N(CCc1ccccc1)C(=O)Nc1c(C)cccc1C. The van der Waals surface area contributed by atoms with Crippen molar-refractivity contribution in [3.8, 4) is 5.69 Å². The van der Waals surface area contributed by atoms with Crippen molar-refractivity contribution in [1.82, 2.24) is 14.5 Å². The third-order valence-electron chi connectivity index (χ3n) is 7.41. The number of anilines is 1. The largest absolute Gasteiger partial charge is 0.322 e. The lowest BCUT2D eigenvalue weighted by Gasteiger charge is -2.33. The smallest absolute Gasteiger partial charge is 0.314 e. The van der Waals surface area contributed by atoms with Gasteiger partial charge in [0, 0.05) is 16.7 Å². The number of nitrogens with zero attached hydrogens (tertiary/aromatic N) is 3. The number of para-hydroxylation sites is 2. The van der Waals surface area contributed by atoms with Crippen LogP contribution < -0.4 is 10.9 Å². The second-order valence-corrected chi connectivity index (χ2v) is 11.1. The Balaban J connectivity index is 1.65. The predicted octanol–water partition coefficient (Wildman–Crippen LogP) is 7.99. The minimum Gasteiger partial charge on any atom is -0.314 e. The number of amides is 2.